The van der Waals surface area contributed by atoms with Crippen molar-refractivity contribution in [1.82, 2.24) is 4.90 Å². The van der Waals surface area contributed by atoms with Crippen LogP contribution in [0.4, 0.5) is 21.5 Å². The third kappa shape index (κ3) is 5.00. The van der Waals surface area contributed by atoms with E-state index in [-0.39, 0.29) is 24.0 Å². The number of methoxy groups -OCH3 is 1. The number of fused-ring (bicyclic) bond motifs is 1. The normalized spacial score (nSPS) is 13.8. The van der Waals surface area contributed by atoms with Crippen molar-refractivity contribution in [2.24, 2.45) is 0 Å². The maximum atomic E-state index is 15.1. The summed E-state index contributed by atoms with van der Waals surface area (Å²) in [5.74, 6) is -1.68. The zero-order valence-electron chi connectivity index (χ0n) is 20.2. The van der Waals surface area contributed by atoms with E-state index in [0.29, 0.717) is 33.8 Å². The van der Waals surface area contributed by atoms with Gasteiger partial charge < -0.3 is 25.2 Å². The van der Waals surface area contributed by atoms with E-state index >= 15 is 4.39 Å². The van der Waals surface area contributed by atoms with Gasteiger partial charge in [0.25, 0.3) is 5.91 Å². The van der Waals surface area contributed by atoms with Crippen LogP contribution in [-0.2, 0) is 14.3 Å². The van der Waals surface area contributed by atoms with Crippen molar-refractivity contribution in [2.75, 3.05) is 50.3 Å². The van der Waals surface area contributed by atoms with Crippen molar-refractivity contribution in [3.05, 3.63) is 75.7 Å². The van der Waals surface area contributed by atoms with Gasteiger partial charge in [-0.2, -0.15) is 0 Å². The molecule has 0 atom stereocenters. The largest absolute Gasteiger partial charge is 0.465 e. The lowest BCUT2D eigenvalue weighted by Gasteiger charge is -2.21. The van der Waals surface area contributed by atoms with Gasteiger partial charge in [0, 0.05) is 18.3 Å². The Morgan fingerprint density at radius 1 is 1.11 bits per heavy atom. The number of carbonyl (C=O) groups is 3. The van der Waals surface area contributed by atoms with E-state index in [4.69, 9.17) is 4.74 Å². The first kappa shape index (κ1) is 25.1. The molecule has 10 heteroatoms. The number of halogens is 1. The van der Waals surface area contributed by atoms with Gasteiger partial charge in [-0.15, -0.1) is 11.3 Å². The molecule has 0 saturated heterocycles. The van der Waals surface area contributed by atoms with Crippen molar-refractivity contribution in [1.29, 1.82) is 0 Å². The quantitative estimate of drug-likeness (QED) is 0.368. The van der Waals surface area contributed by atoms with Crippen molar-refractivity contribution in [3.8, 4) is 0 Å². The van der Waals surface area contributed by atoms with E-state index in [1.807, 2.05) is 17.5 Å². The molecule has 1 aliphatic heterocycles. The number of likely N-dealkylation sites (N-methyl/N-ethyl adjacent to an activating group) is 2. The van der Waals surface area contributed by atoms with E-state index in [1.54, 1.807) is 43.3 Å². The Balaban J connectivity index is 1.72. The van der Waals surface area contributed by atoms with Crippen LogP contribution in [-0.4, -0.2) is 57.5 Å². The summed E-state index contributed by atoms with van der Waals surface area (Å²) in [6, 6.07) is 13.0. The van der Waals surface area contributed by atoms with Gasteiger partial charge in [0.15, 0.2) is 0 Å². The Kier molecular flexibility index (Phi) is 7.18. The third-order valence-electron chi connectivity index (χ3n) is 5.61. The number of ether oxygens (including phenoxy) is 1. The molecule has 0 unspecified atom stereocenters. The number of rotatable bonds is 7. The Bertz CT molecular complexity index is 1370. The van der Waals surface area contributed by atoms with Crippen molar-refractivity contribution in [3.63, 3.8) is 0 Å². The molecule has 4 rings (SSSR count). The average molecular weight is 509 g/mol. The number of hydrogen-bond acceptors (Lipinski definition) is 7. The topological polar surface area (TPSA) is 91.0 Å². The predicted octanol–water partition coefficient (Wildman–Crippen LogP) is 4.13. The zero-order chi connectivity index (χ0) is 26.0. The number of thiophene rings is 1. The summed E-state index contributed by atoms with van der Waals surface area (Å²) in [5.41, 5.74) is 2.83. The molecule has 36 heavy (non-hydrogen) atoms. The molecule has 1 aliphatic rings. The molecule has 3 aromatic rings. The van der Waals surface area contributed by atoms with Gasteiger partial charge in [-0.3, -0.25) is 9.59 Å². The van der Waals surface area contributed by atoms with E-state index in [9.17, 15) is 14.4 Å². The molecular formula is C26H25FN4O4S. The number of anilines is 3. The summed E-state index contributed by atoms with van der Waals surface area (Å²) >= 11 is 1.42. The second kappa shape index (κ2) is 10.3. The van der Waals surface area contributed by atoms with Crippen LogP contribution in [0.15, 0.2) is 53.9 Å². The van der Waals surface area contributed by atoms with Crippen molar-refractivity contribution >= 4 is 57.5 Å². The lowest BCUT2D eigenvalue weighted by molar-refractivity contribution is -0.119. The molecule has 0 fully saturated rings. The van der Waals surface area contributed by atoms with Crippen LogP contribution in [0, 0.1) is 5.82 Å². The summed E-state index contributed by atoms with van der Waals surface area (Å²) in [6.45, 7) is 0.150. The molecule has 2 amide bonds. The molecule has 2 N–H and O–H groups in total. The van der Waals surface area contributed by atoms with Gasteiger partial charge in [0.05, 0.1) is 46.7 Å². The Hall–Kier alpha value is -4.02. The van der Waals surface area contributed by atoms with Crippen LogP contribution >= 0.6 is 11.3 Å². The zero-order valence-corrected chi connectivity index (χ0v) is 21.0. The number of carbonyl (C=O) groups excluding carboxylic acids is 3. The first-order valence-electron chi connectivity index (χ1n) is 11.0. The summed E-state index contributed by atoms with van der Waals surface area (Å²) in [5, 5.41) is 7.87. The minimum atomic E-state index is -0.580. The molecule has 0 saturated carbocycles. The van der Waals surface area contributed by atoms with Crippen LogP contribution in [0.1, 0.15) is 20.8 Å². The fourth-order valence-corrected chi connectivity index (χ4v) is 4.58. The van der Waals surface area contributed by atoms with Crippen molar-refractivity contribution < 1.29 is 23.5 Å². The van der Waals surface area contributed by atoms with Gasteiger partial charge in [0.2, 0.25) is 5.91 Å². The number of esters is 1. The van der Waals surface area contributed by atoms with E-state index in [1.165, 1.54) is 42.5 Å². The number of hydrogen-bond donors (Lipinski definition) is 2. The molecule has 0 spiro atoms. The Morgan fingerprint density at radius 3 is 2.53 bits per heavy atom. The molecule has 0 bridgehead atoms. The highest BCUT2D eigenvalue weighted by Crippen LogP contribution is 2.39. The van der Waals surface area contributed by atoms with Gasteiger partial charge in [-0.25, -0.2) is 9.18 Å². The fraction of sp³-hybridized carbons (Fsp3) is 0.192. The minimum absolute atomic E-state index is 0.150. The van der Waals surface area contributed by atoms with Gasteiger partial charge in [-0.05, 0) is 55.9 Å². The summed E-state index contributed by atoms with van der Waals surface area (Å²) < 4.78 is 19.8. The van der Waals surface area contributed by atoms with Crippen LogP contribution in [0.2, 0.25) is 0 Å². The first-order chi connectivity index (χ1) is 17.2. The molecule has 2 heterocycles. The van der Waals surface area contributed by atoms with Gasteiger partial charge in [-0.1, -0.05) is 12.1 Å². The second-order valence-corrected chi connectivity index (χ2v) is 9.36. The van der Waals surface area contributed by atoms with Crippen LogP contribution in [0.25, 0.3) is 11.3 Å². The highest BCUT2D eigenvalue weighted by Gasteiger charge is 2.30. The molecular weight excluding hydrogens is 483 g/mol. The molecule has 0 aliphatic carbocycles. The summed E-state index contributed by atoms with van der Waals surface area (Å²) in [6.07, 6.45) is 0. The maximum absolute atomic E-state index is 15.1. The second-order valence-electron chi connectivity index (χ2n) is 8.42. The highest BCUT2D eigenvalue weighted by atomic mass is 32.1. The Labute approximate surface area is 212 Å². The summed E-state index contributed by atoms with van der Waals surface area (Å²) in [7, 11) is 6.35. The van der Waals surface area contributed by atoms with Crippen LogP contribution in [0.5, 0.6) is 0 Å². The molecule has 1 aromatic heterocycles. The molecule has 186 valence electrons. The SMILES string of the molecule is COC(=O)c1ccc2c(c1)NC(=O)/C2=C(\Nc1ccc(N(C)C(=O)CN(C)C)c(F)c1)c1cccs1. The average Bonchev–Trinajstić information content (AvgIpc) is 3.48. The Morgan fingerprint density at radius 2 is 1.89 bits per heavy atom. The van der Waals surface area contributed by atoms with E-state index in [0.717, 1.165) is 4.88 Å². The van der Waals surface area contributed by atoms with Gasteiger partial charge in [0.1, 0.15) is 5.82 Å². The monoisotopic (exact) mass is 508 g/mol. The maximum Gasteiger partial charge on any atom is 0.337 e. The highest BCUT2D eigenvalue weighted by molar-refractivity contribution is 7.11. The standard InChI is InChI=1S/C26H25FN4O4S/c1-30(2)14-22(32)31(3)20-10-8-16(13-18(20)27)28-24(21-6-5-11-36-21)23-17-9-7-15(26(34)35-4)12-19(17)29-25(23)33/h5-13,28H,14H2,1-4H3,(H,29,33)/b24-23-. The predicted molar refractivity (Wildman–Crippen MR) is 140 cm³/mol. The molecule has 2 aromatic carbocycles. The van der Waals surface area contributed by atoms with Crippen LogP contribution in [0.3, 0.4) is 0 Å². The number of nitrogens with zero attached hydrogens (tertiary/aromatic N) is 2. The first-order valence-corrected chi connectivity index (χ1v) is 11.9. The van der Waals surface area contributed by atoms with Crippen molar-refractivity contribution in [2.45, 2.75) is 0 Å². The van der Waals surface area contributed by atoms with Gasteiger partial charge >= 0.3 is 5.97 Å². The van der Waals surface area contributed by atoms with E-state index in [2.05, 4.69) is 10.6 Å². The fourth-order valence-electron chi connectivity index (χ4n) is 3.85. The van der Waals surface area contributed by atoms with E-state index < -0.39 is 11.8 Å². The molecule has 8 nitrogen and oxygen atoms in total. The number of benzene rings is 2. The molecule has 0 radical (unpaired) electrons. The minimum Gasteiger partial charge on any atom is -0.465 e. The lowest BCUT2D eigenvalue weighted by atomic mass is 10.0. The lowest BCUT2D eigenvalue weighted by Crippen LogP contribution is -2.35. The van der Waals surface area contributed by atoms with Crippen LogP contribution < -0.4 is 15.5 Å². The number of amides is 2. The smallest absolute Gasteiger partial charge is 0.337 e. The third-order valence-corrected chi connectivity index (χ3v) is 6.49. The number of nitrogens with one attached hydrogen (secondary N) is 2. The summed E-state index contributed by atoms with van der Waals surface area (Å²) in [4.78, 5) is 41.1.